The Labute approximate surface area is 148 Å². The molecule has 2 aliphatic rings. The summed E-state index contributed by atoms with van der Waals surface area (Å²) in [5.41, 5.74) is 0.595. The summed E-state index contributed by atoms with van der Waals surface area (Å²) in [6.45, 7) is 1.04. The molecule has 2 heterocycles. The molecule has 1 N–H and O–H groups in total. The van der Waals surface area contributed by atoms with Gasteiger partial charge in [0.15, 0.2) is 9.84 Å². The average Bonchev–Trinajstić information content (AvgIpc) is 3.00. The maximum absolute atomic E-state index is 12.8. The second-order valence-electron chi connectivity index (χ2n) is 6.86. The van der Waals surface area contributed by atoms with Crippen LogP contribution in [-0.2, 0) is 14.6 Å². The van der Waals surface area contributed by atoms with Gasteiger partial charge < -0.3 is 10.2 Å². The maximum atomic E-state index is 12.8. The molecule has 0 bridgehead atoms. The van der Waals surface area contributed by atoms with E-state index in [1.165, 1.54) is 0 Å². The third-order valence-corrected chi connectivity index (χ3v) is 6.79. The van der Waals surface area contributed by atoms with E-state index in [2.05, 4.69) is 5.32 Å². The minimum atomic E-state index is -3.08. The molecule has 3 rings (SSSR count). The first-order valence-corrected chi connectivity index (χ1v) is 10.6. The van der Waals surface area contributed by atoms with Crippen LogP contribution in [-0.4, -0.2) is 55.8 Å². The zero-order valence-corrected chi connectivity index (χ0v) is 15.0. The number of carbonyl (C=O) groups is 2. The Morgan fingerprint density at radius 2 is 1.88 bits per heavy atom. The first-order chi connectivity index (χ1) is 12.0. The second kappa shape index (κ2) is 7.56. The molecular formula is C18H24N2O4S. The smallest absolute Gasteiger partial charge is 0.251 e. The van der Waals surface area contributed by atoms with Crippen LogP contribution in [0.25, 0.3) is 0 Å². The molecule has 2 fully saturated rings. The van der Waals surface area contributed by atoms with Gasteiger partial charge in [-0.15, -0.1) is 0 Å². The van der Waals surface area contributed by atoms with Crippen LogP contribution in [0.3, 0.4) is 0 Å². The predicted molar refractivity (Wildman–Crippen MR) is 94.9 cm³/mol. The third kappa shape index (κ3) is 4.39. The highest BCUT2D eigenvalue weighted by Crippen LogP contribution is 2.25. The Balaban J connectivity index is 1.61. The van der Waals surface area contributed by atoms with Crippen LogP contribution in [0.1, 0.15) is 36.0 Å². The molecule has 2 atom stereocenters. The van der Waals surface area contributed by atoms with Crippen molar-refractivity contribution in [2.24, 2.45) is 5.92 Å². The molecule has 2 aliphatic heterocycles. The van der Waals surface area contributed by atoms with E-state index in [1.54, 1.807) is 17.0 Å². The van der Waals surface area contributed by atoms with E-state index in [4.69, 9.17) is 0 Å². The molecule has 0 radical (unpaired) electrons. The quantitative estimate of drug-likeness (QED) is 0.871. The Hall–Kier alpha value is -1.89. The molecule has 0 saturated carbocycles. The molecule has 6 nitrogen and oxygen atoms in total. The summed E-state index contributed by atoms with van der Waals surface area (Å²) < 4.78 is 23.3. The summed E-state index contributed by atoms with van der Waals surface area (Å²) >= 11 is 0. The Bertz CT molecular complexity index is 733. The molecule has 0 spiro atoms. The van der Waals surface area contributed by atoms with Gasteiger partial charge in [-0.1, -0.05) is 18.2 Å². The number of likely N-dealkylation sites (tertiary alicyclic amines) is 1. The second-order valence-corrected chi connectivity index (χ2v) is 9.09. The zero-order valence-electron chi connectivity index (χ0n) is 14.2. The summed E-state index contributed by atoms with van der Waals surface area (Å²) in [6.07, 6.45) is 3.19. The number of nitrogens with one attached hydrogen (secondary N) is 1. The largest absolute Gasteiger partial charge is 0.350 e. The van der Waals surface area contributed by atoms with Gasteiger partial charge in [0, 0.05) is 24.7 Å². The number of hydrogen-bond donors (Lipinski definition) is 1. The number of benzene rings is 1. The monoisotopic (exact) mass is 364 g/mol. The lowest BCUT2D eigenvalue weighted by Crippen LogP contribution is -2.51. The van der Waals surface area contributed by atoms with E-state index in [-0.39, 0.29) is 29.4 Å². The van der Waals surface area contributed by atoms with Gasteiger partial charge in [0.2, 0.25) is 5.91 Å². The van der Waals surface area contributed by atoms with Crippen molar-refractivity contribution >= 4 is 21.7 Å². The SMILES string of the molecule is O=C(NC[C@H]1CCCCN1C(=O)[C@H]1CCS(=O)(=O)C1)c1ccccc1. The molecule has 136 valence electrons. The summed E-state index contributed by atoms with van der Waals surface area (Å²) in [5.74, 6) is -0.574. The molecule has 1 aromatic carbocycles. The topological polar surface area (TPSA) is 83.6 Å². The minimum Gasteiger partial charge on any atom is -0.350 e. The van der Waals surface area contributed by atoms with Crippen molar-refractivity contribution in [2.45, 2.75) is 31.7 Å². The number of piperidine rings is 1. The molecule has 0 unspecified atom stereocenters. The van der Waals surface area contributed by atoms with Crippen molar-refractivity contribution in [3.05, 3.63) is 35.9 Å². The van der Waals surface area contributed by atoms with Crippen molar-refractivity contribution in [1.82, 2.24) is 10.2 Å². The number of hydrogen-bond acceptors (Lipinski definition) is 4. The molecule has 0 aromatic heterocycles. The van der Waals surface area contributed by atoms with Crippen LogP contribution in [0.5, 0.6) is 0 Å². The van der Waals surface area contributed by atoms with Crippen LogP contribution in [0.2, 0.25) is 0 Å². The Kier molecular flexibility index (Phi) is 5.42. The zero-order chi connectivity index (χ0) is 17.9. The molecule has 25 heavy (non-hydrogen) atoms. The van der Waals surface area contributed by atoms with Crippen LogP contribution in [0.4, 0.5) is 0 Å². The molecule has 7 heteroatoms. The highest BCUT2D eigenvalue weighted by Gasteiger charge is 2.38. The lowest BCUT2D eigenvalue weighted by atomic mass is 9.98. The van der Waals surface area contributed by atoms with Gasteiger partial charge in [-0.25, -0.2) is 8.42 Å². The predicted octanol–water partition coefficient (Wildman–Crippen LogP) is 1.23. The lowest BCUT2D eigenvalue weighted by molar-refractivity contribution is -0.138. The van der Waals surface area contributed by atoms with Gasteiger partial charge in [-0.05, 0) is 37.8 Å². The van der Waals surface area contributed by atoms with E-state index in [0.717, 1.165) is 19.3 Å². The highest BCUT2D eigenvalue weighted by molar-refractivity contribution is 7.91. The van der Waals surface area contributed by atoms with Crippen LogP contribution in [0.15, 0.2) is 30.3 Å². The fraction of sp³-hybridized carbons (Fsp3) is 0.556. The third-order valence-electron chi connectivity index (χ3n) is 5.03. The summed E-state index contributed by atoms with van der Waals surface area (Å²) in [5, 5.41) is 2.91. The number of sulfone groups is 1. The van der Waals surface area contributed by atoms with Gasteiger partial charge in [0.1, 0.15) is 0 Å². The van der Waals surface area contributed by atoms with Crippen LogP contribution in [0, 0.1) is 5.92 Å². The number of nitrogens with zero attached hydrogens (tertiary/aromatic N) is 1. The molecule has 0 aliphatic carbocycles. The standard InChI is InChI=1S/C18H24N2O4S/c21-17(14-6-2-1-3-7-14)19-12-16-8-4-5-10-20(16)18(22)15-9-11-25(23,24)13-15/h1-3,6-7,15-16H,4-5,8-13H2,(H,19,21)/t15-,16+/m0/s1. The van der Waals surface area contributed by atoms with Gasteiger partial charge in [0.25, 0.3) is 5.91 Å². The number of amides is 2. The molecule has 1 aromatic rings. The highest BCUT2D eigenvalue weighted by atomic mass is 32.2. The average molecular weight is 364 g/mol. The fourth-order valence-corrected chi connectivity index (χ4v) is 5.36. The van der Waals surface area contributed by atoms with E-state index in [1.807, 2.05) is 18.2 Å². The molecule has 2 amide bonds. The lowest BCUT2D eigenvalue weighted by Gasteiger charge is -2.37. The summed E-state index contributed by atoms with van der Waals surface area (Å²) in [6, 6.07) is 8.92. The van der Waals surface area contributed by atoms with Crippen LogP contribution >= 0.6 is 0 Å². The Morgan fingerprint density at radius 3 is 2.56 bits per heavy atom. The van der Waals surface area contributed by atoms with Crippen molar-refractivity contribution in [3.8, 4) is 0 Å². The van der Waals surface area contributed by atoms with Crippen molar-refractivity contribution in [3.63, 3.8) is 0 Å². The van der Waals surface area contributed by atoms with Gasteiger partial charge in [-0.3, -0.25) is 9.59 Å². The van der Waals surface area contributed by atoms with Crippen molar-refractivity contribution < 1.29 is 18.0 Å². The first kappa shape index (κ1) is 17.9. The van der Waals surface area contributed by atoms with Crippen molar-refractivity contribution in [1.29, 1.82) is 0 Å². The van der Waals surface area contributed by atoms with E-state index in [9.17, 15) is 18.0 Å². The van der Waals surface area contributed by atoms with Gasteiger partial charge in [0.05, 0.1) is 17.4 Å². The number of rotatable bonds is 4. The Morgan fingerprint density at radius 1 is 1.12 bits per heavy atom. The van der Waals surface area contributed by atoms with Crippen LogP contribution < -0.4 is 5.32 Å². The van der Waals surface area contributed by atoms with E-state index >= 15 is 0 Å². The maximum Gasteiger partial charge on any atom is 0.251 e. The summed E-state index contributed by atoms with van der Waals surface area (Å²) in [4.78, 5) is 26.8. The minimum absolute atomic E-state index is 0.0363. The van der Waals surface area contributed by atoms with E-state index < -0.39 is 15.8 Å². The normalized spacial score (nSPS) is 25.5. The summed E-state index contributed by atoms with van der Waals surface area (Å²) in [7, 11) is -3.08. The van der Waals surface area contributed by atoms with Gasteiger partial charge >= 0.3 is 0 Å². The first-order valence-electron chi connectivity index (χ1n) is 8.80. The fourth-order valence-electron chi connectivity index (χ4n) is 3.63. The molecular weight excluding hydrogens is 340 g/mol. The van der Waals surface area contributed by atoms with Gasteiger partial charge in [-0.2, -0.15) is 0 Å². The number of carbonyl (C=O) groups excluding carboxylic acids is 2. The van der Waals surface area contributed by atoms with E-state index in [0.29, 0.717) is 25.1 Å². The molecule has 2 saturated heterocycles. The van der Waals surface area contributed by atoms with Crippen molar-refractivity contribution in [2.75, 3.05) is 24.6 Å².